The topological polar surface area (TPSA) is 76.9 Å². The number of aryl methyl sites for hydroxylation is 1. The lowest BCUT2D eigenvalue weighted by molar-refractivity contribution is 0.578. The van der Waals surface area contributed by atoms with Gasteiger partial charge in [0.2, 0.25) is 10.0 Å². The van der Waals surface area contributed by atoms with E-state index < -0.39 is 10.0 Å². The molecule has 0 aliphatic carbocycles. The summed E-state index contributed by atoms with van der Waals surface area (Å²) in [5.74, 6) is 0.657. The van der Waals surface area contributed by atoms with Crippen molar-refractivity contribution in [1.29, 1.82) is 0 Å². The second-order valence-electron chi connectivity index (χ2n) is 7.22. The molecule has 0 spiro atoms. The first-order valence-corrected chi connectivity index (χ1v) is 12.8. The van der Waals surface area contributed by atoms with E-state index in [0.717, 1.165) is 16.8 Å². The number of thioether (sulfide) groups is 1. The Kier molecular flexibility index (Phi) is 7.14. The van der Waals surface area contributed by atoms with Crippen molar-refractivity contribution in [2.75, 3.05) is 0 Å². The molecule has 0 saturated carbocycles. The van der Waals surface area contributed by atoms with Gasteiger partial charge in [0.1, 0.15) is 5.82 Å². The van der Waals surface area contributed by atoms with Gasteiger partial charge >= 0.3 is 0 Å². The minimum Gasteiger partial charge on any atom is -0.273 e. The van der Waals surface area contributed by atoms with Gasteiger partial charge < -0.3 is 0 Å². The van der Waals surface area contributed by atoms with Crippen LogP contribution in [0.2, 0.25) is 5.02 Å². The molecule has 4 rings (SSSR count). The predicted molar refractivity (Wildman–Crippen MR) is 128 cm³/mol. The Morgan fingerprint density at radius 2 is 1.76 bits per heavy atom. The predicted octanol–water partition coefficient (Wildman–Crippen LogP) is 5.14. The number of nitrogens with one attached hydrogen (secondary N) is 1. The molecule has 170 valence electrons. The summed E-state index contributed by atoms with van der Waals surface area (Å²) in [7, 11) is -3.73. The van der Waals surface area contributed by atoms with Crippen molar-refractivity contribution in [1.82, 2.24) is 19.5 Å². The molecule has 3 aromatic carbocycles. The Bertz CT molecular complexity index is 1360. The third-order valence-corrected chi connectivity index (χ3v) is 7.52. The fourth-order valence-electron chi connectivity index (χ4n) is 3.14. The second kappa shape index (κ2) is 10.0. The van der Waals surface area contributed by atoms with E-state index in [1.54, 1.807) is 47.0 Å². The van der Waals surface area contributed by atoms with Crippen molar-refractivity contribution in [3.8, 4) is 5.69 Å². The van der Waals surface area contributed by atoms with E-state index in [4.69, 9.17) is 11.6 Å². The molecule has 0 radical (unpaired) electrons. The normalized spacial score (nSPS) is 11.6. The zero-order valence-corrected chi connectivity index (χ0v) is 20.0. The standard InChI is InChI=1S/C23H20ClFN4O2S2/c1-16-7-10-18(24)13-21(16)29-22(14-26-33(30,31)20-5-3-2-4-6-20)27-28-23(29)32-15-17-8-11-19(25)12-9-17/h2-13,26H,14-15H2,1H3. The van der Waals surface area contributed by atoms with E-state index in [0.29, 0.717) is 21.8 Å². The highest BCUT2D eigenvalue weighted by molar-refractivity contribution is 7.98. The number of hydrogen-bond acceptors (Lipinski definition) is 5. The van der Waals surface area contributed by atoms with Crippen LogP contribution in [0.15, 0.2) is 82.8 Å². The molecule has 4 aromatic rings. The smallest absolute Gasteiger partial charge is 0.240 e. The average molecular weight is 503 g/mol. The molecule has 0 atom stereocenters. The molecule has 33 heavy (non-hydrogen) atoms. The molecule has 1 N–H and O–H groups in total. The molecule has 0 bridgehead atoms. The van der Waals surface area contributed by atoms with Crippen LogP contribution in [0.5, 0.6) is 0 Å². The van der Waals surface area contributed by atoms with Gasteiger partial charge in [0.05, 0.1) is 17.1 Å². The highest BCUT2D eigenvalue weighted by atomic mass is 35.5. The van der Waals surface area contributed by atoms with Crippen LogP contribution in [0.25, 0.3) is 5.69 Å². The van der Waals surface area contributed by atoms with Crippen LogP contribution in [0, 0.1) is 12.7 Å². The lowest BCUT2D eigenvalue weighted by Crippen LogP contribution is -2.25. The van der Waals surface area contributed by atoms with Crippen LogP contribution >= 0.6 is 23.4 Å². The van der Waals surface area contributed by atoms with Crippen molar-refractivity contribution in [2.24, 2.45) is 0 Å². The Morgan fingerprint density at radius 1 is 1.03 bits per heavy atom. The molecule has 1 aromatic heterocycles. The Morgan fingerprint density at radius 3 is 2.48 bits per heavy atom. The van der Waals surface area contributed by atoms with E-state index in [1.807, 2.05) is 13.0 Å². The minimum atomic E-state index is -3.73. The molecule has 0 amide bonds. The SMILES string of the molecule is Cc1ccc(Cl)cc1-n1c(CNS(=O)(=O)c2ccccc2)nnc1SCc1ccc(F)cc1. The van der Waals surface area contributed by atoms with Gasteiger partial charge in [-0.2, -0.15) is 0 Å². The van der Waals surface area contributed by atoms with Gasteiger partial charge in [0.15, 0.2) is 11.0 Å². The highest BCUT2D eigenvalue weighted by Gasteiger charge is 2.20. The van der Waals surface area contributed by atoms with Crippen molar-refractivity contribution >= 4 is 33.4 Å². The first kappa shape index (κ1) is 23.4. The van der Waals surface area contributed by atoms with E-state index in [2.05, 4.69) is 14.9 Å². The van der Waals surface area contributed by atoms with Gasteiger partial charge in [0, 0.05) is 10.8 Å². The molecule has 10 heteroatoms. The number of nitrogens with zero attached hydrogens (tertiary/aromatic N) is 3. The van der Waals surface area contributed by atoms with Crippen LogP contribution in [-0.4, -0.2) is 23.2 Å². The maximum absolute atomic E-state index is 13.2. The van der Waals surface area contributed by atoms with Crippen LogP contribution in [0.1, 0.15) is 17.0 Å². The lowest BCUT2D eigenvalue weighted by Gasteiger charge is -2.14. The summed E-state index contributed by atoms with van der Waals surface area (Å²) in [6, 6.07) is 19.8. The van der Waals surface area contributed by atoms with Crippen LogP contribution in [-0.2, 0) is 22.3 Å². The summed E-state index contributed by atoms with van der Waals surface area (Å²) in [6.07, 6.45) is 0. The summed E-state index contributed by atoms with van der Waals surface area (Å²) in [6.45, 7) is 1.87. The molecule has 0 unspecified atom stereocenters. The summed E-state index contributed by atoms with van der Waals surface area (Å²) in [4.78, 5) is 0.168. The highest BCUT2D eigenvalue weighted by Crippen LogP contribution is 2.28. The van der Waals surface area contributed by atoms with Gasteiger partial charge in [-0.1, -0.05) is 59.8 Å². The number of aromatic nitrogens is 3. The van der Waals surface area contributed by atoms with E-state index in [-0.39, 0.29) is 17.3 Å². The fourth-order valence-corrected chi connectivity index (χ4v) is 5.23. The van der Waals surface area contributed by atoms with Crippen LogP contribution < -0.4 is 4.72 Å². The Labute approximate surface area is 200 Å². The number of benzene rings is 3. The summed E-state index contributed by atoms with van der Waals surface area (Å²) in [5.41, 5.74) is 2.60. The van der Waals surface area contributed by atoms with Crippen molar-refractivity contribution < 1.29 is 12.8 Å². The Balaban J connectivity index is 1.65. The maximum Gasteiger partial charge on any atom is 0.240 e. The third kappa shape index (κ3) is 5.62. The first-order chi connectivity index (χ1) is 15.8. The molecule has 0 fully saturated rings. The summed E-state index contributed by atoms with van der Waals surface area (Å²) >= 11 is 7.66. The van der Waals surface area contributed by atoms with Crippen molar-refractivity contribution in [3.63, 3.8) is 0 Å². The van der Waals surface area contributed by atoms with Crippen molar-refractivity contribution in [3.05, 3.63) is 101 Å². The fraction of sp³-hybridized carbons (Fsp3) is 0.130. The van der Waals surface area contributed by atoms with E-state index in [1.165, 1.54) is 36.0 Å². The van der Waals surface area contributed by atoms with Crippen molar-refractivity contribution in [2.45, 2.75) is 29.3 Å². The zero-order chi connectivity index (χ0) is 23.4. The van der Waals surface area contributed by atoms with E-state index in [9.17, 15) is 12.8 Å². The molecule has 1 heterocycles. The Hall–Kier alpha value is -2.72. The minimum absolute atomic E-state index is 0.0622. The number of rotatable bonds is 8. The van der Waals surface area contributed by atoms with Gasteiger partial charge in [-0.15, -0.1) is 10.2 Å². The molecule has 0 saturated heterocycles. The molecular formula is C23H20ClFN4O2S2. The summed E-state index contributed by atoms with van der Waals surface area (Å²) < 4.78 is 43.0. The molecule has 0 aliphatic heterocycles. The first-order valence-electron chi connectivity index (χ1n) is 9.96. The molecule has 6 nitrogen and oxygen atoms in total. The quantitative estimate of drug-likeness (QED) is 0.338. The number of sulfonamides is 1. The largest absolute Gasteiger partial charge is 0.273 e. The molecular weight excluding hydrogens is 483 g/mol. The third-order valence-electron chi connectivity index (χ3n) is 4.87. The van der Waals surface area contributed by atoms with Gasteiger partial charge in [-0.05, 0) is 54.4 Å². The second-order valence-corrected chi connectivity index (χ2v) is 10.4. The van der Waals surface area contributed by atoms with Gasteiger partial charge in [-0.25, -0.2) is 17.5 Å². The van der Waals surface area contributed by atoms with Gasteiger partial charge in [0.25, 0.3) is 0 Å². The van der Waals surface area contributed by atoms with Gasteiger partial charge in [-0.3, -0.25) is 4.57 Å². The summed E-state index contributed by atoms with van der Waals surface area (Å²) in [5, 5.41) is 9.65. The lowest BCUT2D eigenvalue weighted by atomic mass is 10.2. The van der Waals surface area contributed by atoms with E-state index >= 15 is 0 Å². The maximum atomic E-state index is 13.2. The monoisotopic (exact) mass is 502 g/mol. The number of halogens is 2. The average Bonchev–Trinajstić information content (AvgIpc) is 3.22. The van der Waals surface area contributed by atoms with Crippen LogP contribution in [0.3, 0.4) is 0 Å². The molecule has 0 aliphatic rings. The van der Waals surface area contributed by atoms with Crippen LogP contribution in [0.4, 0.5) is 4.39 Å². The number of hydrogen-bond donors (Lipinski definition) is 1. The zero-order valence-electron chi connectivity index (χ0n) is 17.6.